The Kier molecular flexibility index (Phi) is 6.17. The highest BCUT2D eigenvalue weighted by molar-refractivity contribution is 5.75. The van der Waals surface area contributed by atoms with E-state index in [1.807, 2.05) is 31.2 Å². The second kappa shape index (κ2) is 7.93. The van der Waals surface area contributed by atoms with Crippen molar-refractivity contribution in [2.45, 2.75) is 13.0 Å². The fourth-order valence-corrected chi connectivity index (χ4v) is 1.90. The van der Waals surface area contributed by atoms with Crippen molar-refractivity contribution in [3.63, 3.8) is 0 Å². The normalized spacial score (nSPS) is 13.0. The first kappa shape index (κ1) is 14.8. The molecule has 1 aromatic rings. The van der Waals surface area contributed by atoms with Crippen LogP contribution in [0.1, 0.15) is 24.1 Å². The summed E-state index contributed by atoms with van der Waals surface area (Å²) in [5.41, 5.74) is 3.38. The SMILES string of the molecule is C=C/C=C(\C=C)c1cccc(C(C=CC)NC=C)c1. The monoisotopic (exact) mass is 251 g/mol. The van der Waals surface area contributed by atoms with Gasteiger partial charge in [-0.05, 0) is 35.9 Å². The lowest BCUT2D eigenvalue weighted by molar-refractivity contribution is 0.755. The van der Waals surface area contributed by atoms with E-state index in [-0.39, 0.29) is 6.04 Å². The van der Waals surface area contributed by atoms with Crippen LogP contribution in [0.5, 0.6) is 0 Å². The lowest BCUT2D eigenvalue weighted by Crippen LogP contribution is -2.12. The lowest BCUT2D eigenvalue weighted by Gasteiger charge is -2.15. The van der Waals surface area contributed by atoms with Gasteiger partial charge < -0.3 is 5.32 Å². The molecule has 1 aromatic carbocycles. The molecular formula is C18H21N. The molecule has 0 aliphatic heterocycles. The Hall–Kier alpha value is -2.28. The highest BCUT2D eigenvalue weighted by atomic mass is 14.9. The number of benzene rings is 1. The molecule has 1 heteroatoms. The molecule has 0 radical (unpaired) electrons. The largest absolute Gasteiger partial charge is 0.381 e. The van der Waals surface area contributed by atoms with Crippen molar-refractivity contribution in [2.24, 2.45) is 0 Å². The van der Waals surface area contributed by atoms with Crippen LogP contribution in [0.25, 0.3) is 5.57 Å². The molecule has 0 heterocycles. The summed E-state index contributed by atoms with van der Waals surface area (Å²) >= 11 is 0. The molecule has 1 N–H and O–H groups in total. The fraction of sp³-hybridized carbons (Fsp3) is 0.111. The van der Waals surface area contributed by atoms with E-state index >= 15 is 0 Å². The van der Waals surface area contributed by atoms with Crippen LogP contribution in [0.15, 0.2) is 80.6 Å². The summed E-state index contributed by atoms with van der Waals surface area (Å²) in [6, 6.07) is 8.50. The molecule has 0 saturated carbocycles. The second-order valence-electron chi connectivity index (χ2n) is 4.06. The molecule has 1 nitrogen and oxygen atoms in total. The average molecular weight is 251 g/mol. The van der Waals surface area contributed by atoms with Crippen molar-refractivity contribution in [1.29, 1.82) is 0 Å². The molecule has 0 bridgehead atoms. The summed E-state index contributed by atoms with van der Waals surface area (Å²) < 4.78 is 0. The van der Waals surface area contributed by atoms with Gasteiger partial charge in [0.05, 0.1) is 6.04 Å². The van der Waals surface area contributed by atoms with Crippen LogP contribution in [0.2, 0.25) is 0 Å². The van der Waals surface area contributed by atoms with Crippen LogP contribution in [0.3, 0.4) is 0 Å². The summed E-state index contributed by atoms with van der Waals surface area (Å²) in [7, 11) is 0. The van der Waals surface area contributed by atoms with Crippen LogP contribution in [-0.2, 0) is 0 Å². The first-order chi connectivity index (χ1) is 9.26. The van der Waals surface area contributed by atoms with E-state index in [1.54, 1.807) is 12.3 Å². The van der Waals surface area contributed by atoms with Gasteiger partial charge in [0.15, 0.2) is 0 Å². The molecule has 0 saturated heterocycles. The molecular weight excluding hydrogens is 230 g/mol. The van der Waals surface area contributed by atoms with Crippen LogP contribution >= 0.6 is 0 Å². The van der Waals surface area contributed by atoms with E-state index in [9.17, 15) is 0 Å². The van der Waals surface area contributed by atoms with Gasteiger partial charge in [0.1, 0.15) is 0 Å². The number of nitrogens with one attached hydrogen (secondary N) is 1. The Bertz CT molecular complexity index is 506. The van der Waals surface area contributed by atoms with Crippen LogP contribution in [0, 0.1) is 0 Å². The first-order valence-electron chi connectivity index (χ1n) is 6.32. The van der Waals surface area contributed by atoms with Gasteiger partial charge in [0.25, 0.3) is 0 Å². The molecule has 0 amide bonds. The molecule has 0 aliphatic carbocycles. The molecule has 1 unspecified atom stereocenters. The summed E-state index contributed by atoms with van der Waals surface area (Å²) in [5, 5.41) is 3.23. The average Bonchev–Trinajstić information content (AvgIpc) is 2.44. The van der Waals surface area contributed by atoms with Gasteiger partial charge in [-0.25, -0.2) is 0 Å². The quantitative estimate of drug-likeness (QED) is 0.542. The van der Waals surface area contributed by atoms with E-state index in [2.05, 4.69) is 49.3 Å². The van der Waals surface area contributed by atoms with Crippen molar-refractivity contribution in [2.75, 3.05) is 0 Å². The minimum Gasteiger partial charge on any atom is -0.381 e. The number of hydrogen-bond acceptors (Lipinski definition) is 1. The Morgan fingerprint density at radius 3 is 2.63 bits per heavy atom. The predicted octanol–water partition coefficient (Wildman–Crippen LogP) is 4.79. The van der Waals surface area contributed by atoms with Gasteiger partial charge in [-0.15, -0.1) is 0 Å². The minimum atomic E-state index is 0.136. The summed E-state index contributed by atoms with van der Waals surface area (Å²) in [4.78, 5) is 0. The minimum absolute atomic E-state index is 0.136. The molecule has 1 rings (SSSR count). The fourth-order valence-electron chi connectivity index (χ4n) is 1.90. The smallest absolute Gasteiger partial charge is 0.0692 e. The predicted molar refractivity (Wildman–Crippen MR) is 85.7 cm³/mol. The van der Waals surface area contributed by atoms with Gasteiger partial charge in [-0.3, -0.25) is 0 Å². The van der Waals surface area contributed by atoms with Crippen molar-refractivity contribution in [1.82, 2.24) is 5.32 Å². The molecule has 19 heavy (non-hydrogen) atoms. The zero-order chi connectivity index (χ0) is 14.1. The third kappa shape index (κ3) is 4.14. The molecule has 0 fully saturated rings. The Balaban J connectivity index is 3.17. The Morgan fingerprint density at radius 1 is 1.26 bits per heavy atom. The van der Waals surface area contributed by atoms with Gasteiger partial charge >= 0.3 is 0 Å². The van der Waals surface area contributed by atoms with E-state index in [1.165, 1.54) is 5.56 Å². The molecule has 0 aliphatic rings. The number of hydrogen-bond donors (Lipinski definition) is 1. The van der Waals surface area contributed by atoms with Crippen LogP contribution < -0.4 is 5.32 Å². The molecule has 1 atom stereocenters. The van der Waals surface area contributed by atoms with Gasteiger partial charge in [0, 0.05) is 0 Å². The third-order valence-electron chi connectivity index (χ3n) is 2.78. The van der Waals surface area contributed by atoms with Crippen LogP contribution in [-0.4, -0.2) is 0 Å². The van der Waals surface area contributed by atoms with Crippen molar-refractivity contribution in [3.8, 4) is 0 Å². The van der Waals surface area contributed by atoms with E-state index in [0.29, 0.717) is 0 Å². The summed E-state index contributed by atoms with van der Waals surface area (Å²) in [6.45, 7) is 13.3. The lowest BCUT2D eigenvalue weighted by atomic mass is 9.99. The highest BCUT2D eigenvalue weighted by Gasteiger charge is 2.06. The van der Waals surface area contributed by atoms with Crippen molar-refractivity contribution >= 4 is 5.57 Å². The maximum atomic E-state index is 3.84. The summed E-state index contributed by atoms with van der Waals surface area (Å²) in [5.74, 6) is 0. The third-order valence-corrected chi connectivity index (χ3v) is 2.78. The van der Waals surface area contributed by atoms with Gasteiger partial charge in [-0.1, -0.05) is 68.3 Å². The van der Waals surface area contributed by atoms with Gasteiger partial charge in [-0.2, -0.15) is 0 Å². The van der Waals surface area contributed by atoms with Crippen LogP contribution in [0.4, 0.5) is 0 Å². The molecule has 0 aromatic heterocycles. The van der Waals surface area contributed by atoms with Crippen molar-refractivity contribution in [3.05, 3.63) is 91.7 Å². The molecule has 0 spiro atoms. The maximum Gasteiger partial charge on any atom is 0.0692 e. The summed E-state index contributed by atoms with van der Waals surface area (Å²) in [6.07, 6.45) is 11.4. The first-order valence-corrected chi connectivity index (χ1v) is 6.32. The second-order valence-corrected chi connectivity index (χ2v) is 4.06. The van der Waals surface area contributed by atoms with Crippen molar-refractivity contribution < 1.29 is 0 Å². The number of rotatable bonds is 7. The van der Waals surface area contributed by atoms with E-state index in [4.69, 9.17) is 0 Å². The molecule has 98 valence electrons. The standard InChI is InChI=1S/C18H21N/c1-5-10-15(7-3)16-12-9-13-17(14-16)18(11-6-2)19-8-4/h5-14,18-19H,1,3-4H2,2H3/b11-6?,15-10+. The maximum absolute atomic E-state index is 3.84. The Labute approximate surface area is 116 Å². The van der Waals surface area contributed by atoms with E-state index in [0.717, 1.165) is 11.1 Å². The van der Waals surface area contributed by atoms with Gasteiger partial charge in [0.2, 0.25) is 0 Å². The number of allylic oxidation sites excluding steroid dienone is 5. The highest BCUT2D eigenvalue weighted by Crippen LogP contribution is 2.21. The Morgan fingerprint density at radius 2 is 2.05 bits per heavy atom. The zero-order valence-corrected chi connectivity index (χ0v) is 11.5. The zero-order valence-electron chi connectivity index (χ0n) is 11.5. The van der Waals surface area contributed by atoms with E-state index < -0.39 is 0 Å². The topological polar surface area (TPSA) is 12.0 Å².